The normalized spacial score (nSPS) is 11.2. The van der Waals surface area contributed by atoms with Crippen LogP contribution in [-0.4, -0.2) is 4.98 Å². The van der Waals surface area contributed by atoms with Crippen molar-refractivity contribution in [3.8, 4) is 17.2 Å². The molecule has 0 unspecified atom stereocenters. The van der Waals surface area contributed by atoms with Gasteiger partial charge in [-0.2, -0.15) is 5.26 Å². The van der Waals surface area contributed by atoms with Gasteiger partial charge in [0.1, 0.15) is 5.82 Å². The minimum Gasteiger partial charge on any atom is -0.361 e. The SMILES string of the molecule is Cc1[nH]c(C(C)C)c(C=CC#N)c1-c1ccc(F)cc1. The van der Waals surface area contributed by atoms with Crippen molar-refractivity contribution >= 4 is 6.08 Å². The molecule has 0 fully saturated rings. The molecule has 102 valence electrons. The summed E-state index contributed by atoms with van der Waals surface area (Å²) in [4.78, 5) is 3.38. The van der Waals surface area contributed by atoms with E-state index < -0.39 is 0 Å². The quantitative estimate of drug-likeness (QED) is 0.799. The maximum atomic E-state index is 13.1. The van der Waals surface area contributed by atoms with Crippen molar-refractivity contribution in [3.63, 3.8) is 0 Å². The van der Waals surface area contributed by atoms with Gasteiger partial charge in [-0.15, -0.1) is 0 Å². The van der Waals surface area contributed by atoms with Crippen molar-refractivity contribution in [1.82, 2.24) is 4.98 Å². The molecule has 2 aromatic rings. The van der Waals surface area contributed by atoms with Gasteiger partial charge in [-0.1, -0.05) is 26.0 Å². The van der Waals surface area contributed by atoms with E-state index in [9.17, 15) is 4.39 Å². The van der Waals surface area contributed by atoms with Gasteiger partial charge < -0.3 is 4.98 Å². The summed E-state index contributed by atoms with van der Waals surface area (Å²) in [5.74, 6) is 0.0707. The highest BCUT2D eigenvalue weighted by Crippen LogP contribution is 2.34. The molecule has 0 bridgehead atoms. The second-order valence-corrected chi connectivity index (χ2v) is 5.08. The first-order valence-corrected chi connectivity index (χ1v) is 6.59. The molecular formula is C17H17FN2. The number of aryl methyl sites for hydroxylation is 1. The molecular weight excluding hydrogens is 251 g/mol. The lowest BCUT2D eigenvalue weighted by Gasteiger charge is -2.06. The number of halogens is 1. The van der Waals surface area contributed by atoms with Crippen molar-refractivity contribution in [2.24, 2.45) is 0 Å². The molecule has 0 amide bonds. The molecule has 1 aromatic carbocycles. The first-order valence-electron chi connectivity index (χ1n) is 6.59. The zero-order valence-electron chi connectivity index (χ0n) is 11.9. The first kappa shape index (κ1) is 14.1. The molecule has 1 N–H and O–H groups in total. The van der Waals surface area contributed by atoms with E-state index in [4.69, 9.17) is 5.26 Å². The lowest BCUT2D eigenvalue weighted by atomic mass is 9.97. The molecule has 0 spiro atoms. The summed E-state index contributed by atoms with van der Waals surface area (Å²) < 4.78 is 13.1. The average Bonchev–Trinajstić information content (AvgIpc) is 2.74. The molecule has 0 saturated heterocycles. The predicted molar refractivity (Wildman–Crippen MR) is 79.7 cm³/mol. The molecule has 3 heteroatoms. The molecule has 0 aliphatic heterocycles. The molecule has 0 radical (unpaired) electrons. The highest BCUT2D eigenvalue weighted by Gasteiger charge is 2.16. The van der Waals surface area contributed by atoms with E-state index in [1.807, 2.05) is 19.1 Å². The largest absolute Gasteiger partial charge is 0.361 e. The smallest absolute Gasteiger partial charge is 0.123 e. The number of hydrogen-bond acceptors (Lipinski definition) is 1. The number of nitriles is 1. The van der Waals surface area contributed by atoms with Crippen molar-refractivity contribution < 1.29 is 4.39 Å². The second-order valence-electron chi connectivity index (χ2n) is 5.08. The Bertz CT molecular complexity index is 670. The number of rotatable bonds is 3. The summed E-state index contributed by atoms with van der Waals surface area (Å²) in [6.45, 7) is 6.20. The van der Waals surface area contributed by atoms with Gasteiger partial charge in [0.25, 0.3) is 0 Å². The lowest BCUT2D eigenvalue weighted by Crippen LogP contribution is -1.90. The van der Waals surface area contributed by atoms with Crippen molar-refractivity contribution in [2.45, 2.75) is 26.7 Å². The Hall–Kier alpha value is -2.34. The third-order valence-corrected chi connectivity index (χ3v) is 3.29. The van der Waals surface area contributed by atoms with Crippen LogP contribution in [0.15, 0.2) is 30.3 Å². The van der Waals surface area contributed by atoms with E-state index >= 15 is 0 Å². The Morgan fingerprint density at radius 2 is 1.90 bits per heavy atom. The van der Waals surface area contributed by atoms with E-state index in [1.54, 1.807) is 12.1 Å². The summed E-state index contributed by atoms with van der Waals surface area (Å²) in [5.41, 5.74) is 5.10. The van der Waals surface area contributed by atoms with Crippen LogP contribution in [0.2, 0.25) is 0 Å². The fourth-order valence-corrected chi connectivity index (χ4v) is 2.41. The van der Waals surface area contributed by atoms with E-state index in [-0.39, 0.29) is 5.82 Å². The third kappa shape index (κ3) is 2.65. The van der Waals surface area contributed by atoms with Crippen LogP contribution in [0.4, 0.5) is 4.39 Å². The zero-order chi connectivity index (χ0) is 14.7. The van der Waals surface area contributed by atoms with E-state index in [0.29, 0.717) is 5.92 Å². The Morgan fingerprint density at radius 1 is 1.25 bits per heavy atom. The van der Waals surface area contributed by atoms with Crippen molar-refractivity contribution in [1.29, 1.82) is 5.26 Å². The zero-order valence-corrected chi connectivity index (χ0v) is 11.9. The maximum Gasteiger partial charge on any atom is 0.123 e. The summed E-state index contributed by atoms with van der Waals surface area (Å²) in [6, 6.07) is 8.46. The monoisotopic (exact) mass is 268 g/mol. The van der Waals surface area contributed by atoms with Gasteiger partial charge in [-0.3, -0.25) is 0 Å². The summed E-state index contributed by atoms with van der Waals surface area (Å²) in [5, 5.41) is 8.77. The van der Waals surface area contributed by atoms with Crippen LogP contribution >= 0.6 is 0 Å². The van der Waals surface area contributed by atoms with Crippen LogP contribution in [0.1, 0.15) is 36.7 Å². The fourth-order valence-electron chi connectivity index (χ4n) is 2.41. The Labute approximate surface area is 118 Å². The molecule has 1 aromatic heterocycles. The summed E-state index contributed by atoms with van der Waals surface area (Å²) in [7, 11) is 0. The van der Waals surface area contributed by atoms with Crippen LogP contribution in [0.25, 0.3) is 17.2 Å². The first-order chi connectivity index (χ1) is 9.54. The average molecular weight is 268 g/mol. The molecule has 2 nitrogen and oxygen atoms in total. The van der Waals surface area contributed by atoms with Gasteiger partial charge in [0, 0.05) is 28.6 Å². The van der Waals surface area contributed by atoms with E-state index in [2.05, 4.69) is 18.8 Å². The van der Waals surface area contributed by atoms with Gasteiger partial charge >= 0.3 is 0 Å². The Kier molecular flexibility index (Phi) is 4.05. The number of hydrogen-bond donors (Lipinski definition) is 1. The van der Waals surface area contributed by atoms with Gasteiger partial charge in [0.2, 0.25) is 0 Å². The van der Waals surface area contributed by atoms with Crippen molar-refractivity contribution in [2.75, 3.05) is 0 Å². The van der Waals surface area contributed by atoms with Gasteiger partial charge in [0.15, 0.2) is 0 Å². The second kappa shape index (κ2) is 5.75. The predicted octanol–water partition coefficient (Wildman–Crippen LogP) is 4.79. The Morgan fingerprint density at radius 3 is 2.45 bits per heavy atom. The number of aromatic amines is 1. The molecule has 0 aliphatic rings. The van der Waals surface area contributed by atoms with Gasteiger partial charge in [-0.25, -0.2) is 4.39 Å². The molecule has 1 heterocycles. The van der Waals surface area contributed by atoms with Gasteiger partial charge in [-0.05, 0) is 36.6 Å². The maximum absolute atomic E-state index is 13.1. The van der Waals surface area contributed by atoms with Crippen LogP contribution in [-0.2, 0) is 0 Å². The summed E-state index contributed by atoms with van der Waals surface area (Å²) >= 11 is 0. The van der Waals surface area contributed by atoms with Crippen LogP contribution in [0, 0.1) is 24.1 Å². The molecule has 20 heavy (non-hydrogen) atoms. The standard InChI is InChI=1S/C17H17FN2/c1-11(2)17-15(5-4-10-19)16(12(3)20-17)13-6-8-14(18)9-7-13/h4-9,11,20H,1-3H3. The number of nitrogens with one attached hydrogen (secondary N) is 1. The number of benzene rings is 1. The Balaban J connectivity index is 2.65. The molecule has 0 saturated carbocycles. The lowest BCUT2D eigenvalue weighted by molar-refractivity contribution is 0.628. The highest BCUT2D eigenvalue weighted by atomic mass is 19.1. The highest BCUT2D eigenvalue weighted by molar-refractivity contribution is 5.80. The minimum absolute atomic E-state index is 0.250. The minimum atomic E-state index is -0.250. The van der Waals surface area contributed by atoms with E-state index in [0.717, 1.165) is 28.1 Å². The topological polar surface area (TPSA) is 39.6 Å². The molecule has 0 aliphatic carbocycles. The van der Waals surface area contributed by atoms with Crippen molar-refractivity contribution in [3.05, 3.63) is 53.1 Å². The molecule has 2 rings (SSSR count). The number of H-pyrrole nitrogens is 1. The number of aromatic nitrogens is 1. The third-order valence-electron chi connectivity index (χ3n) is 3.29. The molecule has 0 atom stereocenters. The van der Waals surface area contributed by atoms with Crippen LogP contribution in [0.5, 0.6) is 0 Å². The number of allylic oxidation sites excluding steroid dienone is 1. The van der Waals surface area contributed by atoms with Crippen LogP contribution in [0.3, 0.4) is 0 Å². The van der Waals surface area contributed by atoms with Gasteiger partial charge in [0.05, 0.1) is 6.07 Å². The van der Waals surface area contributed by atoms with Crippen LogP contribution < -0.4 is 0 Å². The number of nitrogens with zero attached hydrogens (tertiary/aromatic N) is 1. The summed E-state index contributed by atoms with van der Waals surface area (Å²) in [6.07, 6.45) is 3.29. The fraction of sp³-hybridized carbons (Fsp3) is 0.235. The van der Waals surface area contributed by atoms with E-state index in [1.165, 1.54) is 18.2 Å².